The molecule has 2 atom stereocenters. The molecule has 1 saturated heterocycles. The quantitative estimate of drug-likeness (QED) is 0.515. The number of carbonyl (C=O) groups is 1. The SMILES string of the molecule is CN[C@@H]1CN(c2ccc(C(=O)Nc3cc(F)c4nc(C)cn4c3)c3nn(C)cc23)C[C@@H]1C. The Bertz CT molecular complexity index is 1340. The molecule has 1 fully saturated rings. The number of likely N-dealkylation sites (N-methyl/N-ethyl adjacent to an activating group) is 1. The van der Waals surface area contributed by atoms with Gasteiger partial charge in [-0.3, -0.25) is 9.48 Å². The molecule has 0 radical (unpaired) electrons. The molecule has 1 aliphatic rings. The molecule has 4 heterocycles. The van der Waals surface area contributed by atoms with Gasteiger partial charge in [-0.15, -0.1) is 0 Å². The van der Waals surface area contributed by atoms with Crippen LogP contribution in [0.3, 0.4) is 0 Å². The van der Waals surface area contributed by atoms with Crippen molar-refractivity contribution in [1.29, 1.82) is 0 Å². The normalized spacial score (nSPS) is 18.7. The molecule has 9 heteroatoms. The number of imidazole rings is 1. The van der Waals surface area contributed by atoms with Crippen molar-refractivity contribution >= 4 is 33.8 Å². The van der Waals surface area contributed by atoms with Gasteiger partial charge in [-0.1, -0.05) is 6.92 Å². The van der Waals surface area contributed by atoms with Gasteiger partial charge in [-0.25, -0.2) is 9.37 Å². The van der Waals surface area contributed by atoms with Crippen LogP contribution in [-0.4, -0.2) is 51.3 Å². The number of rotatable bonds is 4. The van der Waals surface area contributed by atoms with Crippen LogP contribution in [0.2, 0.25) is 0 Å². The summed E-state index contributed by atoms with van der Waals surface area (Å²) in [6.45, 7) is 5.87. The smallest absolute Gasteiger partial charge is 0.257 e. The summed E-state index contributed by atoms with van der Waals surface area (Å²) in [5.41, 5.74) is 3.44. The number of nitrogens with zero attached hydrogens (tertiary/aromatic N) is 5. The number of aryl methyl sites for hydroxylation is 2. The van der Waals surface area contributed by atoms with Gasteiger partial charge in [0, 0.05) is 61.9 Å². The van der Waals surface area contributed by atoms with Crippen LogP contribution in [0.1, 0.15) is 23.0 Å². The number of halogens is 1. The van der Waals surface area contributed by atoms with Crippen molar-refractivity contribution in [3.63, 3.8) is 0 Å². The Morgan fingerprint density at radius 2 is 2.03 bits per heavy atom. The summed E-state index contributed by atoms with van der Waals surface area (Å²) in [5, 5.41) is 11.7. The van der Waals surface area contributed by atoms with Crippen LogP contribution in [0.25, 0.3) is 16.6 Å². The Kier molecular flexibility index (Phi) is 4.85. The van der Waals surface area contributed by atoms with E-state index in [4.69, 9.17) is 0 Å². The lowest BCUT2D eigenvalue weighted by molar-refractivity contribution is 0.102. The molecule has 8 nitrogen and oxygen atoms in total. The van der Waals surface area contributed by atoms with Crippen molar-refractivity contribution in [3.05, 3.63) is 53.9 Å². The highest BCUT2D eigenvalue weighted by molar-refractivity contribution is 6.13. The monoisotopic (exact) mass is 435 g/mol. The van der Waals surface area contributed by atoms with Gasteiger partial charge in [0.15, 0.2) is 11.5 Å². The number of carbonyl (C=O) groups excluding carboxylic acids is 1. The first-order valence-electron chi connectivity index (χ1n) is 10.7. The van der Waals surface area contributed by atoms with Gasteiger partial charge in [0.25, 0.3) is 5.91 Å². The molecule has 5 rings (SSSR count). The van der Waals surface area contributed by atoms with E-state index < -0.39 is 5.82 Å². The predicted octanol–water partition coefficient (Wildman–Crippen LogP) is 2.96. The second kappa shape index (κ2) is 7.59. The van der Waals surface area contributed by atoms with E-state index in [9.17, 15) is 9.18 Å². The third-order valence-corrected chi connectivity index (χ3v) is 6.22. The maximum absolute atomic E-state index is 14.4. The van der Waals surface area contributed by atoms with Gasteiger partial charge in [-0.05, 0) is 32.0 Å². The predicted molar refractivity (Wildman–Crippen MR) is 123 cm³/mol. The summed E-state index contributed by atoms with van der Waals surface area (Å²) < 4.78 is 17.7. The van der Waals surface area contributed by atoms with Crippen LogP contribution in [0.4, 0.5) is 15.8 Å². The summed E-state index contributed by atoms with van der Waals surface area (Å²) in [4.78, 5) is 19.6. The van der Waals surface area contributed by atoms with Crippen molar-refractivity contribution < 1.29 is 9.18 Å². The maximum atomic E-state index is 14.4. The lowest BCUT2D eigenvalue weighted by atomic mass is 10.1. The minimum Gasteiger partial charge on any atom is -0.369 e. The first kappa shape index (κ1) is 20.4. The van der Waals surface area contributed by atoms with E-state index in [1.54, 1.807) is 34.5 Å². The summed E-state index contributed by atoms with van der Waals surface area (Å²) >= 11 is 0. The summed E-state index contributed by atoms with van der Waals surface area (Å²) in [7, 11) is 3.84. The second-order valence-corrected chi connectivity index (χ2v) is 8.62. The lowest BCUT2D eigenvalue weighted by Crippen LogP contribution is -2.32. The van der Waals surface area contributed by atoms with Gasteiger partial charge in [0.1, 0.15) is 5.52 Å². The minimum absolute atomic E-state index is 0.233. The third-order valence-electron chi connectivity index (χ3n) is 6.22. The summed E-state index contributed by atoms with van der Waals surface area (Å²) in [6, 6.07) is 5.48. The zero-order valence-electron chi connectivity index (χ0n) is 18.6. The first-order chi connectivity index (χ1) is 15.3. The molecule has 1 amide bonds. The fraction of sp³-hybridized carbons (Fsp3) is 0.348. The molecular formula is C23H26FN7O. The van der Waals surface area contributed by atoms with Crippen LogP contribution >= 0.6 is 0 Å². The molecule has 1 aromatic carbocycles. The maximum Gasteiger partial charge on any atom is 0.257 e. The Labute approximate surface area is 185 Å². The molecule has 1 aliphatic heterocycles. The second-order valence-electron chi connectivity index (χ2n) is 8.62. The molecule has 3 aromatic heterocycles. The van der Waals surface area contributed by atoms with E-state index in [1.807, 2.05) is 26.4 Å². The molecular weight excluding hydrogens is 409 g/mol. The summed E-state index contributed by atoms with van der Waals surface area (Å²) in [6.07, 6.45) is 5.32. The van der Waals surface area contributed by atoms with Crippen LogP contribution in [-0.2, 0) is 7.05 Å². The zero-order chi connectivity index (χ0) is 22.6. The van der Waals surface area contributed by atoms with E-state index >= 15 is 0 Å². The van der Waals surface area contributed by atoms with Gasteiger partial charge < -0.3 is 19.9 Å². The number of hydrogen-bond acceptors (Lipinski definition) is 5. The number of amides is 1. The van der Waals surface area contributed by atoms with Crippen molar-refractivity contribution in [2.75, 3.05) is 30.4 Å². The van der Waals surface area contributed by atoms with E-state index in [2.05, 4.69) is 32.5 Å². The average molecular weight is 436 g/mol. The highest BCUT2D eigenvalue weighted by atomic mass is 19.1. The Morgan fingerprint density at radius 3 is 2.78 bits per heavy atom. The topological polar surface area (TPSA) is 79.5 Å². The van der Waals surface area contributed by atoms with E-state index in [1.165, 1.54) is 6.07 Å². The number of aromatic nitrogens is 4. The number of anilines is 2. The largest absolute Gasteiger partial charge is 0.369 e. The highest BCUT2D eigenvalue weighted by Gasteiger charge is 2.30. The molecule has 166 valence electrons. The molecule has 0 spiro atoms. The summed E-state index contributed by atoms with van der Waals surface area (Å²) in [5.74, 6) is -0.304. The Morgan fingerprint density at radius 1 is 1.22 bits per heavy atom. The van der Waals surface area contributed by atoms with Crippen molar-refractivity contribution in [2.24, 2.45) is 13.0 Å². The standard InChI is InChI=1S/C23H26FN7O/c1-13-8-30(12-19(13)25-3)20-6-5-16(21-17(20)11-29(4)28-21)23(32)27-15-7-18(24)22-26-14(2)9-31(22)10-15/h5-7,9-11,13,19,25H,8,12H2,1-4H3,(H,27,32)/t13-,19+/m0/s1. The average Bonchev–Trinajstić information content (AvgIpc) is 3.42. The Hall–Kier alpha value is -3.46. The molecule has 0 aliphatic carbocycles. The zero-order valence-corrected chi connectivity index (χ0v) is 18.6. The number of nitrogens with one attached hydrogen (secondary N) is 2. The molecule has 0 saturated carbocycles. The molecule has 4 aromatic rings. The first-order valence-corrected chi connectivity index (χ1v) is 10.7. The molecule has 32 heavy (non-hydrogen) atoms. The van der Waals surface area contributed by atoms with Crippen molar-refractivity contribution in [2.45, 2.75) is 19.9 Å². The van der Waals surface area contributed by atoms with Gasteiger partial charge in [0.05, 0.1) is 16.9 Å². The molecule has 0 unspecified atom stereocenters. The van der Waals surface area contributed by atoms with Gasteiger partial charge >= 0.3 is 0 Å². The van der Waals surface area contributed by atoms with E-state index in [-0.39, 0.29) is 11.6 Å². The number of hydrogen-bond donors (Lipinski definition) is 2. The Balaban J connectivity index is 1.49. The number of pyridine rings is 1. The highest BCUT2D eigenvalue weighted by Crippen LogP contribution is 2.33. The van der Waals surface area contributed by atoms with Crippen LogP contribution in [0.15, 0.2) is 36.8 Å². The number of fused-ring (bicyclic) bond motifs is 2. The third kappa shape index (κ3) is 3.38. The van der Waals surface area contributed by atoms with E-state index in [0.717, 1.165) is 24.2 Å². The van der Waals surface area contributed by atoms with Crippen LogP contribution < -0.4 is 15.5 Å². The lowest BCUT2D eigenvalue weighted by Gasteiger charge is -2.20. The minimum atomic E-state index is -0.489. The van der Waals surface area contributed by atoms with Crippen molar-refractivity contribution in [3.8, 4) is 0 Å². The molecule has 0 bridgehead atoms. The van der Waals surface area contributed by atoms with E-state index in [0.29, 0.717) is 34.4 Å². The van der Waals surface area contributed by atoms with Crippen LogP contribution in [0.5, 0.6) is 0 Å². The van der Waals surface area contributed by atoms with Crippen LogP contribution in [0, 0.1) is 18.7 Å². The van der Waals surface area contributed by atoms with Gasteiger partial charge in [0.2, 0.25) is 0 Å². The number of benzene rings is 1. The fourth-order valence-electron chi connectivity index (χ4n) is 4.65. The van der Waals surface area contributed by atoms with Crippen molar-refractivity contribution in [1.82, 2.24) is 24.5 Å². The fourth-order valence-corrected chi connectivity index (χ4v) is 4.65. The van der Waals surface area contributed by atoms with Gasteiger partial charge in [-0.2, -0.15) is 5.10 Å². The molecule has 2 N–H and O–H groups in total.